The Hall–Kier alpha value is -1.61. The monoisotopic (exact) mass is 261 g/mol. The minimum atomic E-state index is 0.0299. The molecular weight excluding hydrogens is 246 g/mol. The van der Waals surface area contributed by atoms with Crippen LogP contribution in [0.2, 0.25) is 5.02 Å². The molecule has 0 bridgehead atoms. The van der Waals surface area contributed by atoms with Crippen molar-refractivity contribution in [2.75, 3.05) is 5.73 Å². The quantitative estimate of drug-likeness (QED) is 0.842. The molecule has 0 aliphatic rings. The maximum Gasteiger partial charge on any atom is 0.136 e. The van der Waals surface area contributed by atoms with Gasteiger partial charge in [-0.3, -0.25) is 0 Å². The summed E-state index contributed by atoms with van der Waals surface area (Å²) in [4.78, 5) is 8.94. The number of aryl methyl sites for hydroxylation is 2. The van der Waals surface area contributed by atoms with E-state index in [9.17, 15) is 0 Å². The summed E-state index contributed by atoms with van der Waals surface area (Å²) in [5.74, 6) is 0.809. The Morgan fingerprint density at radius 1 is 1.17 bits per heavy atom. The standard InChI is InChI=1S/C14H16ClN3/c1-8-7-9(2)18-14(17-8)10(3)11-5-4-6-12(15)13(11)16/h4-7,10H,16H2,1-3H3. The van der Waals surface area contributed by atoms with Crippen molar-refractivity contribution in [1.29, 1.82) is 0 Å². The van der Waals surface area contributed by atoms with Crippen LogP contribution in [-0.4, -0.2) is 9.97 Å². The summed E-state index contributed by atoms with van der Waals surface area (Å²) in [6, 6.07) is 7.60. The topological polar surface area (TPSA) is 51.8 Å². The average molecular weight is 262 g/mol. The van der Waals surface area contributed by atoms with Crippen molar-refractivity contribution < 1.29 is 0 Å². The molecule has 0 amide bonds. The average Bonchev–Trinajstić information content (AvgIpc) is 2.30. The maximum absolute atomic E-state index is 6.04. The van der Waals surface area contributed by atoms with Gasteiger partial charge in [0.25, 0.3) is 0 Å². The predicted octanol–water partition coefficient (Wildman–Crippen LogP) is 3.48. The molecule has 1 unspecified atom stereocenters. The van der Waals surface area contributed by atoms with Gasteiger partial charge in [0.05, 0.1) is 10.7 Å². The second-order valence-electron chi connectivity index (χ2n) is 4.47. The van der Waals surface area contributed by atoms with Crippen molar-refractivity contribution in [1.82, 2.24) is 9.97 Å². The van der Waals surface area contributed by atoms with Crippen molar-refractivity contribution in [2.45, 2.75) is 26.7 Å². The zero-order valence-electron chi connectivity index (χ0n) is 10.7. The van der Waals surface area contributed by atoms with E-state index in [1.165, 1.54) is 0 Å². The van der Waals surface area contributed by atoms with Gasteiger partial charge in [-0.15, -0.1) is 0 Å². The Morgan fingerprint density at radius 2 is 1.78 bits per heavy atom. The SMILES string of the molecule is Cc1cc(C)nc(C(C)c2cccc(Cl)c2N)n1. The zero-order chi connectivity index (χ0) is 13.3. The number of anilines is 1. The Kier molecular flexibility index (Phi) is 3.53. The molecule has 1 atom stereocenters. The van der Waals surface area contributed by atoms with Crippen molar-refractivity contribution >= 4 is 17.3 Å². The summed E-state index contributed by atoms with van der Waals surface area (Å²) in [6.45, 7) is 5.97. The number of aromatic nitrogens is 2. The Bertz CT molecular complexity index is 561. The fraction of sp³-hybridized carbons (Fsp3) is 0.286. The molecule has 1 aromatic heterocycles. The van der Waals surface area contributed by atoms with Gasteiger partial charge in [-0.1, -0.05) is 30.7 Å². The summed E-state index contributed by atoms with van der Waals surface area (Å²) >= 11 is 6.04. The Morgan fingerprint density at radius 3 is 2.39 bits per heavy atom. The van der Waals surface area contributed by atoms with Crippen LogP contribution >= 0.6 is 11.6 Å². The number of hydrogen-bond donors (Lipinski definition) is 1. The predicted molar refractivity (Wildman–Crippen MR) is 74.9 cm³/mol. The van der Waals surface area contributed by atoms with Crippen molar-refractivity contribution in [2.24, 2.45) is 0 Å². The van der Waals surface area contributed by atoms with E-state index in [1.807, 2.05) is 39.0 Å². The Labute approximate surface area is 112 Å². The molecule has 0 spiro atoms. The molecule has 0 aliphatic heterocycles. The summed E-state index contributed by atoms with van der Waals surface area (Å²) in [7, 11) is 0. The molecule has 2 N–H and O–H groups in total. The number of hydrogen-bond acceptors (Lipinski definition) is 3. The summed E-state index contributed by atoms with van der Waals surface area (Å²) in [6.07, 6.45) is 0. The van der Waals surface area contributed by atoms with E-state index in [4.69, 9.17) is 17.3 Å². The summed E-state index contributed by atoms with van der Waals surface area (Å²) in [5.41, 5.74) is 9.51. The molecular formula is C14H16ClN3. The molecule has 1 aromatic carbocycles. The molecule has 0 aliphatic carbocycles. The highest BCUT2D eigenvalue weighted by Crippen LogP contribution is 2.31. The summed E-state index contributed by atoms with van der Waals surface area (Å²) in [5, 5.41) is 0.573. The highest BCUT2D eigenvalue weighted by Gasteiger charge is 2.16. The van der Waals surface area contributed by atoms with E-state index in [0.29, 0.717) is 10.7 Å². The second-order valence-corrected chi connectivity index (χ2v) is 4.88. The number of benzene rings is 1. The first-order valence-corrected chi connectivity index (χ1v) is 6.23. The smallest absolute Gasteiger partial charge is 0.136 e. The molecule has 1 heterocycles. The summed E-state index contributed by atoms with van der Waals surface area (Å²) < 4.78 is 0. The van der Waals surface area contributed by atoms with Crippen LogP contribution in [0.25, 0.3) is 0 Å². The number of rotatable bonds is 2. The van der Waals surface area contributed by atoms with Gasteiger partial charge < -0.3 is 5.73 Å². The van der Waals surface area contributed by atoms with Crippen LogP contribution in [-0.2, 0) is 0 Å². The highest BCUT2D eigenvalue weighted by atomic mass is 35.5. The van der Waals surface area contributed by atoms with Crippen molar-refractivity contribution in [3.05, 3.63) is 52.1 Å². The molecule has 0 saturated carbocycles. The van der Waals surface area contributed by atoms with Crippen LogP contribution in [0.1, 0.15) is 35.6 Å². The van der Waals surface area contributed by atoms with Gasteiger partial charge in [0.1, 0.15) is 5.82 Å². The van der Waals surface area contributed by atoms with Crippen LogP contribution < -0.4 is 5.73 Å². The lowest BCUT2D eigenvalue weighted by atomic mass is 9.98. The molecule has 2 aromatic rings. The first-order chi connectivity index (χ1) is 8.49. The third-order valence-corrected chi connectivity index (χ3v) is 3.27. The van der Waals surface area contributed by atoms with Crippen LogP contribution in [0.3, 0.4) is 0 Å². The Balaban J connectivity index is 2.47. The van der Waals surface area contributed by atoms with E-state index in [-0.39, 0.29) is 5.92 Å². The first-order valence-electron chi connectivity index (χ1n) is 5.85. The molecule has 0 radical (unpaired) electrons. The van der Waals surface area contributed by atoms with Crippen LogP contribution in [0, 0.1) is 13.8 Å². The number of nitrogens with two attached hydrogens (primary N) is 1. The van der Waals surface area contributed by atoms with E-state index in [0.717, 1.165) is 22.8 Å². The van der Waals surface area contributed by atoms with E-state index >= 15 is 0 Å². The van der Waals surface area contributed by atoms with E-state index < -0.39 is 0 Å². The van der Waals surface area contributed by atoms with Gasteiger partial charge >= 0.3 is 0 Å². The third-order valence-electron chi connectivity index (χ3n) is 2.94. The molecule has 4 heteroatoms. The fourth-order valence-corrected chi connectivity index (χ4v) is 2.20. The molecule has 0 fully saturated rings. The van der Waals surface area contributed by atoms with Gasteiger partial charge in [-0.05, 0) is 31.5 Å². The van der Waals surface area contributed by atoms with E-state index in [2.05, 4.69) is 9.97 Å². The van der Waals surface area contributed by atoms with Crippen LogP contribution in [0.5, 0.6) is 0 Å². The van der Waals surface area contributed by atoms with Gasteiger partial charge in [0.2, 0.25) is 0 Å². The van der Waals surface area contributed by atoms with Gasteiger partial charge in [-0.2, -0.15) is 0 Å². The lowest BCUT2D eigenvalue weighted by Gasteiger charge is -2.15. The lowest BCUT2D eigenvalue weighted by Crippen LogP contribution is -2.07. The molecule has 18 heavy (non-hydrogen) atoms. The van der Waals surface area contributed by atoms with E-state index in [1.54, 1.807) is 6.07 Å². The third kappa shape index (κ3) is 2.46. The first kappa shape index (κ1) is 12.8. The molecule has 3 nitrogen and oxygen atoms in total. The van der Waals surface area contributed by atoms with Crippen molar-refractivity contribution in [3.8, 4) is 0 Å². The molecule has 94 valence electrons. The van der Waals surface area contributed by atoms with Crippen molar-refractivity contribution in [3.63, 3.8) is 0 Å². The maximum atomic E-state index is 6.04. The number of nitrogen functional groups attached to an aromatic ring is 1. The normalized spacial score (nSPS) is 12.4. The molecule has 0 saturated heterocycles. The second kappa shape index (κ2) is 4.94. The number of nitrogens with zero attached hydrogens (tertiary/aromatic N) is 2. The van der Waals surface area contributed by atoms with Crippen LogP contribution in [0.15, 0.2) is 24.3 Å². The van der Waals surface area contributed by atoms with Gasteiger partial charge in [0.15, 0.2) is 0 Å². The van der Waals surface area contributed by atoms with Crippen LogP contribution in [0.4, 0.5) is 5.69 Å². The largest absolute Gasteiger partial charge is 0.397 e. The lowest BCUT2D eigenvalue weighted by molar-refractivity contribution is 0.797. The fourth-order valence-electron chi connectivity index (χ4n) is 2.02. The zero-order valence-corrected chi connectivity index (χ0v) is 11.5. The van der Waals surface area contributed by atoms with Gasteiger partial charge in [-0.25, -0.2) is 9.97 Å². The minimum Gasteiger partial charge on any atom is -0.397 e. The number of para-hydroxylation sites is 1. The molecule has 2 rings (SSSR count). The number of halogens is 1. The minimum absolute atomic E-state index is 0.0299. The highest BCUT2D eigenvalue weighted by molar-refractivity contribution is 6.33. The van der Waals surface area contributed by atoms with Gasteiger partial charge in [0, 0.05) is 17.3 Å².